The largest absolute Gasteiger partial charge is 0.480 e. The minimum Gasteiger partial charge on any atom is -0.480 e. The molecule has 0 aromatic carbocycles. The Balaban J connectivity index is 4.32. The number of ether oxygens (including phenoxy) is 1. The highest BCUT2D eigenvalue weighted by atomic mass is 16.5. The highest BCUT2D eigenvalue weighted by molar-refractivity contribution is 5.78. The first kappa shape index (κ1) is 18.4. The number of carboxylic acids is 1. The van der Waals surface area contributed by atoms with Crippen molar-refractivity contribution in [2.24, 2.45) is 0 Å². The molecule has 0 fully saturated rings. The molecule has 5 heteroatoms. The van der Waals surface area contributed by atoms with Crippen LogP contribution >= 0.6 is 0 Å². The van der Waals surface area contributed by atoms with E-state index in [2.05, 4.69) is 24.1 Å². The Kier molecular flexibility index (Phi) is 8.97. The molecule has 0 heterocycles. The summed E-state index contributed by atoms with van der Waals surface area (Å²) in [7, 11) is 3.43. The highest BCUT2D eigenvalue weighted by Crippen LogP contribution is 2.18. The Morgan fingerprint density at radius 3 is 2.42 bits per heavy atom. The predicted octanol–water partition coefficient (Wildman–Crippen LogP) is 1.58. The maximum absolute atomic E-state index is 11.4. The minimum absolute atomic E-state index is 0.450. The molecule has 0 spiro atoms. The monoisotopic (exact) mass is 274 g/mol. The fourth-order valence-corrected chi connectivity index (χ4v) is 2.26. The lowest BCUT2D eigenvalue weighted by molar-refractivity contribution is -0.145. The molecule has 0 aliphatic rings. The van der Waals surface area contributed by atoms with Gasteiger partial charge in [-0.15, -0.1) is 0 Å². The number of rotatable bonds is 11. The molecule has 1 atom stereocenters. The van der Waals surface area contributed by atoms with Crippen LogP contribution in [-0.2, 0) is 9.53 Å². The molecule has 2 N–H and O–H groups in total. The summed E-state index contributed by atoms with van der Waals surface area (Å²) in [5, 5.41) is 12.3. The molecule has 0 saturated heterocycles. The van der Waals surface area contributed by atoms with Crippen LogP contribution in [0.3, 0.4) is 0 Å². The Morgan fingerprint density at radius 1 is 1.42 bits per heavy atom. The molecule has 0 bridgehead atoms. The van der Waals surface area contributed by atoms with Crippen LogP contribution < -0.4 is 5.32 Å². The molecule has 0 saturated carbocycles. The fourth-order valence-electron chi connectivity index (χ4n) is 2.26. The number of methoxy groups -OCH3 is 1. The van der Waals surface area contributed by atoms with Gasteiger partial charge in [0.1, 0.15) is 5.54 Å². The third-order valence-corrected chi connectivity index (χ3v) is 3.85. The van der Waals surface area contributed by atoms with Crippen LogP contribution in [0.4, 0.5) is 0 Å². The third-order valence-electron chi connectivity index (χ3n) is 3.85. The van der Waals surface area contributed by atoms with E-state index >= 15 is 0 Å². The zero-order valence-electron chi connectivity index (χ0n) is 13.0. The standard InChI is InChI=1S/C14H30N2O3/c1-6-14(15-4,13(17)18)8-7-9-16(12(2)3)10-11-19-5/h12,15H,6-11H2,1-5H3,(H,17,18). The van der Waals surface area contributed by atoms with Crippen LogP contribution in [0.2, 0.25) is 0 Å². The van der Waals surface area contributed by atoms with E-state index in [0.717, 1.165) is 19.5 Å². The summed E-state index contributed by atoms with van der Waals surface area (Å²) in [6, 6.07) is 0.450. The van der Waals surface area contributed by atoms with E-state index in [4.69, 9.17) is 4.74 Å². The van der Waals surface area contributed by atoms with Crippen molar-refractivity contribution in [2.45, 2.75) is 51.6 Å². The summed E-state index contributed by atoms with van der Waals surface area (Å²) >= 11 is 0. The molecule has 114 valence electrons. The van der Waals surface area contributed by atoms with Crippen LogP contribution in [-0.4, -0.2) is 61.4 Å². The van der Waals surface area contributed by atoms with E-state index in [9.17, 15) is 9.90 Å². The summed E-state index contributed by atoms with van der Waals surface area (Å²) in [6.07, 6.45) is 2.10. The summed E-state index contributed by atoms with van der Waals surface area (Å²) in [5.74, 6) is -0.759. The number of carbonyl (C=O) groups is 1. The lowest BCUT2D eigenvalue weighted by Gasteiger charge is -2.30. The van der Waals surface area contributed by atoms with E-state index < -0.39 is 11.5 Å². The van der Waals surface area contributed by atoms with Crippen molar-refractivity contribution in [1.29, 1.82) is 0 Å². The Morgan fingerprint density at radius 2 is 2.05 bits per heavy atom. The number of carboxylic acid groups (broad SMARTS) is 1. The second-order valence-electron chi connectivity index (χ2n) is 5.22. The lowest BCUT2D eigenvalue weighted by atomic mass is 9.90. The molecular formula is C14H30N2O3. The van der Waals surface area contributed by atoms with Gasteiger partial charge in [0, 0.05) is 19.7 Å². The fraction of sp³-hybridized carbons (Fsp3) is 0.929. The molecule has 0 aromatic heterocycles. The van der Waals surface area contributed by atoms with Crippen LogP contribution in [0.15, 0.2) is 0 Å². The normalized spacial score (nSPS) is 14.9. The Bertz CT molecular complexity index is 253. The number of hydrogen-bond donors (Lipinski definition) is 2. The van der Waals surface area contributed by atoms with Gasteiger partial charge in [-0.05, 0) is 46.7 Å². The number of nitrogens with one attached hydrogen (secondary N) is 1. The molecule has 0 aromatic rings. The first-order valence-electron chi connectivity index (χ1n) is 7.08. The molecule has 0 aliphatic heterocycles. The van der Waals surface area contributed by atoms with Crippen molar-refractivity contribution in [1.82, 2.24) is 10.2 Å². The topological polar surface area (TPSA) is 61.8 Å². The van der Waals surface area contributed by atoms with Crippen molar-refractivity contribution in [3.05, 3.63) is 0 Å². The van der Waals surface area contributed by atoms with Gasteiger partial charge in [0.25, 0.3) is 0 Å². The lowest BCUT2D eigenvalue weighted by Crippen LogP contribution is -2.50. The second-order valence-corrected chi connectivity index (χ2v) is 5.22. The molecule has 1 unspecified atom stereocenters. The van der Waals surface area contributed by atoms with Gasteiger partial charge in [-0.25, -0.2) is 0 Å². The van der Waals surface area contributed by atoms with E-state index in [-0.39, 0.29) is 0 Å². The zero-order chi connectivity index (χ0) is 14.9. The van der Waals surface area contributed by atoms with Gasteiger partial charge < -0.3 is 15.2 Å². The van der Waals surface area contributed by atoms with Crippen LogP contribution in [0.5, 0.6) is 0 Å². The predicted molar refractivity (Wildman–Crippen MR) is 77.5 cm³/mol. The number of aliphatic carboxylic acids is 1. The van der Waals surface area contributed by atoms with Crippen LogP contribution in [0, 0.1) is 0 Å². The van der Waals surface area contributed by atoms with Crippen molar-refractivity contribution >= 4 is 5.97 Å². The molecular weight excluding hydrogens is 244 g/mol. The average Bonchev–Trinajstić information content (AvgIpc) is 2.37. The first-order chi connectivity index (χ1) is 8.93. The summed E-state index contributed by atoms with van der Waals surface area (Å²) in [6.45, 7) is 8.71. The summed E-state index contributed by atoms with van der Waals surface area (Å²) < 4.78 is 5.10. The van der Waals surface area contributed by atoms with E-state index in [1.807, 2.05) is 6.92 Å². The first-order valence-corrected chi connectivity index (χ1v) is 7.08. The zero-order valence-corrected chi connectivity index (χ0v) is 13.0. The van der Waals surface area contributed by atoms with Crippen LogP contribution in [0.1, 0.15) is 40.0 Å². The van der Waals surface area contributed by atoms with Crippen LogP contribution in [0.25, 0.3) is 0 Å². The maximum atomic E-state index is 11.4. The summed E-state index contributed by atoms with van der Waals surface area (Å²) in [5.41, 5.74) is -0.788. The molecule has 19 heavy (non-hydrogen) atoms. The van der Waals surface area contributed by atoms with Crippen molar-refractivity contribution < 1.29 is 14.6 Å². The quantitative estimate of drug-likeness (QED) is 0.599. The van der Waals surface area contributed by atoms with Crippen molar-refractivity contribution in [3.63, 3.8) is 0 Å². The van der Waals surface area contributed by atoms with Gasteiger partial charge in [-0.2, -0.15) is 0 Å². The van der Waals surface area contributed by atoms with Crippen molar-refractivity contribution in [2.75, 3.05) is 33.9 Å². The van der Waals surface area contributed by atoms with Gasteiger partial charge >= 0.3 is 5.97 Å². The molecule has 0 rings (SSSR count). The number of hydrogen-bond acceptors (Lipinski definition) is 4. The maximum Gasteiger partial charge on any atom is 0.323 e. The van der Waals surface area contributed by atoms with E-state index in [0.29, 0.717) is 25.5 Å². The van der Waals surface area contributed by atoms with Gasteiger partial charge in [-0.3, -0.25) is 9.69 Å². The van der Waals surface area contributed by atoms with E-state index in [1.165, 1.54) is 0 Å². The molecule has 0 radical (unpaired) electrons. The molecule has 5 nitrogen and oxygen atoms in total. The smallest absolute Gasteiger partial charge is 0.323 e. The third kappa shape index (κ3) is 5.89. The second kappa shape index (κ2) is 9.28. The van der Waals surface area contributed by atoms with Gasteiger partial charge in [0.15, 0.2) is 0 Å². The average molecular weight is 274 g/mol. The summed E-state index contributed by atoms with van der Waals surface area (Å²) in [4.78, 5) is 13.7. The highest BCUT2D eigenvalue weighted by Gasteiger charge is 2.34. The Labute approximate surface area is 117 Å². The van der Waals surface area contributed by atoms with E-state index in [1.54, 1.807) is 14.2 Å². The van der Waals surface area contributed by atoms with Gasteiger partial charge in [-0.1, -0.05) is 6.92 Å². The van der Waals surface area contributed by atoms with Gasteiger partial charge in [0.2, 0.25) is 0 Å². The van der Waals surface area contributed by atoms with Gasteiger partial charge in [0.05, 0.1) is 6.61 Å². The minimum atomic E-state index is -0.788. The number of likely N-dealkylation sites (N-methyl/N-ethyl adjacent to an activating group) is 1. The SMILES string of the molecule is CCC(CCCN(CCOC)C(C)C)(NC)C(=O)O. The molecule has 0 amide bonds. The van der Waals surface area contributed by atoms with Crippen molar-refractivity contribution in [3.8, 4) is 0 Å². The molecule has 0 aliphatic carbocycles. The Hall–Kier alpha value is -0.650. The number of nitrogens with zero attached hydrogens (tertiary/aromatic N) is 1.